The van der Waals surface area contributed by atoms with E-state index in [1.165, 1.54) is 37.4 Å². The second kappa shape index (κ2) is 7.66. The normalized spacial score (nSPS) is 11.7. The van der Waals surface area contributed by atoms with Crippen molar-refractivity contribution in [3.63, 3.8) is 0 Å². The van der Waals surface area contributed by atoms with Crippen LogP contribution in [0.5, 0.6) is 5.75 Å². The summed E-state index contributed by atoms with van der Waals surface area (Å²) in [6, 6.07) is 8.84. The van der Waals surface area contributed by atoms with Gasteiger partial charge in [-0.05, 0) is 48.4 Å². The van der Waals surface area contributed by atoms with Crippen LogP contribution < -0.4 is 4.74 Å². The molecular formula is C19H17Cl2NO5S. The number of aromatic nitrogens is 1. The Kier molecular flexibility index (Phi) is 5.61. The smallest absolute Gasteiger partial charge is 0.307 e. The molecule has 3 aromatic rings. The van der Waals surface area contributed by atoms with Crippen LogP contribution in [0.15, 0.2) is 41.3 Å². The number of carboxylic acids is 1. The Morgan fingerprint density at radius 2 is 1.82 bits per heavy atom. The molecule has 0 fully saturated rings. The van der Waals surface area contributed by atoms with Crippen LogP contribution in [-0.4, -0.2) is 30.6 Å². The van der Waals surface area contributed by atoms with Crippen molar-refractivity contribution in [3.05, 3.63) is 57.7 Å². The molecule has 2 aromatic carbocycles. The van der Waals surface area contributed by atoms with Crippen LogP contribution >= 0.6 is 23.2 Å². The molecule has 0 saturated heterocycles. The summed E-state index contributed by atoms with van der Waals surface area (Å²) in [5.74, 6) is -0.726. The van der Waals surface area contributed by atoms with E-state index in [4.69, 9.17) is 27.9 Å². The summed E-state index contributed by atoms with van der Waals surface area (Å²) in [5, 5.41) is 10.5. The Morgan fingerprint density at radius 3 is 2.36 bits per heavy atom. The van der Waals surface area contributed by atoms with Crippen molar-refractivity contribution in [3.8, 4) is 5.75 Å². The van der Waals surface area contributed by atoms with Gasteiger partial charge in [-0.25, -0.2) is 12.4 Å². The number of methoxy groups -OCH3 is 1. The predicted molar refractivity (Wildman–Crippen MR) is 108 cm³/mol. The highest BCUT2D eigenvalue weighted by molar-refractivity contribution is 7.90. The van der Waals surface area contributed by atoms with E-state index in [9.17, 15) is 18.3 Å². The summed E-state index contributed by atoms with van der Waals surface area (Å²) in [6.45, 7) is 1.77. The Labute approximate surface area is 172 Å². The number of hydrogen-bond donors (Lipinski definition) is 1. The number of aliphatic carboxylic acids is 1. The summed E-state index contributed by atoms with van der Waals surface area (Å²) in [6.07, 6.45) is -0.0162. The summed E-state index contributed by atoms with van der Waals surface area (Å²) >= 11 is 12.1. The van der Waals surface area contributed by atoms with Crippen LogP contribution in [0, 0.1) is 0 Å². The Morgan fingerprint density at radius 1 is 1.18 bits per heavy atom. The number of carbonyl (C=O) groups is 1. The van der Waals surface area contributed by atoms with Gasteiger partial charge in [0.1, 0.15) is 5.75 Å². The van der Waals surface area contributed by atoms with Crippen LogP contribution in [0.25, 0.3) is 10.9 Å². The van der Waals surface area contributed by atoms with E-state index in [1.807, 2.05) is 0 Å². The standard InChI is InChI=1S/C19H17Cl2NO5S/c1-3-16-14(9-19(23)24)13-8-18(27-2)15(21)10-17(13)22(16)28(25,26)12-6-4-11(20)5-7-12/h4-8,10H,3,9H2,1-2H3,(H,23,24). The minimum atomic E-state index is -4.01. The first-order chi connectivity index (χ1) is 13.2. The van der Waals surface area contributed by atoms with Gasteiger partial charge in [-0.2, -0.15) is 0 Å². The van der Waals surface area contributed by atoms with Crippen LogP contribution in [0.1, 0.15) is 18.2 Å². The largest absolute Gasteiger partial charge is 0.495 e. The molecule has 0 aliphatic carbocycles. The van der Waals surface area contributed by atoms with E-state index in [0.717, 1.165) is 3.97 Å². The second-order valence-corrected chi connectivity index (χ2v) is 8.71. The van der Waals surface area contributed by atoms with Crippen LogP contribution in [-0.2, 0) is 27.7 Å². The van der Waals surface area contributed by atoms with Gasteiger partial charge in [0, 0.05) is 16.1 Å². The molecule has 0 aliphatic rings. The number of hydrogen-bond acceptors (Lipinski definition) is 4. The summed E-state index contributed by atoms with van der Waals surface area (Å²) < 4.78 is 33.2. The van der Waals surface area contributed by atoms with Gasteiger partial charge in [0.2, 0.25) is 0 Å². The minimum absolute atomic E-state index is 0.0392. The molecule has 0 spiro atoms. The van der Waals surface area contributed by atoms with Gasteiger partial charge in [-0.1, -0.05) is 30.1 Å². The van der Waals surface area contributed by atoms with Crippen molar-refractivity contribution >= 4 is 50.1 Å². The highest BCUT2D eigenvalue weighted by Gasteiger charge is 2.28. The molecule has 0 aliphatic heterocycles. The van der Waals surface area contributed by atoms with Crippen LogP contribution in [0.4, 0.5) is 0 Å². The Hall–Kier alpha value is -2.22. The van der Waals surface area contributed by atoms with E-state index in [2.05, 4.69) is 0 Å². The number of fused-ring (bicyclic) bond motifs is 1. The second-order valence-electron chi connectivity index (χ2n) is 6.08. The number of carboxylic acid groups (broad SMARTS) is 1. The van der Waals surface area contributed by atoms with Gasteiger partial charge in [-0.15, -0.1) is 0 Å². The third kappa shape index (κ3) is 3.45. The lowest BCUT2D eigenvalue weighted by molar-refractivity contribution is -0.136. The molecular weight excluding hydrogens is 425 g/mol. The lowest BCUT2D eigenvalue weighted by Gasteiger charge is -2.12. The van der Waals surface area contributed by atoms with Crippen LogP contribution in [0.2, 0.25) is 10.0 Å². The topological polar surface area (TPSA) is 85.6 Å². The lowest BCUT2D eigenvalue weighted by atomic mass is 10.1. The first kappa shape index (κ1) is 20.5. The average molecular weight is 442 g/mol. The van der Waals surface area contributed by atoms with Crippen molar-refractivity contribution in [2.24, 2.45) is 0 Å². The van der Waals surface area contributed by atoms with E-state index in [1.54, 1.807) is 13.0 Å². The fourth-order valence-corrected chi connectivity index (χ4v) is 5.22. The highest BCUT2D eigenvalue weighted by atomic mass is 35.5. The van der Waals surface area contributed by atoms with E-state index < -0.39 is 16.0 Å². The van der Waals surface area contributed by atoms with Crippen molar-refractivity contribution < 1.29 is 23.1 Å². The maximum Gasteiger partial charge on any atom is 0.307 e. The molecule has 1 N–H and O–H groups in total. The Balaban J connectivity index is 2.42. The summed E-state index contributed by atoms with van der Waals surface area (Å²) in [5.41, 5.74) is 1.10. The zero-order chi connectivity index (χ0) is 20.6. The molecule has 0 radical (unpaired) electrons. The molecule has 28 heavy (non-hydrogen) atoms. The number of halogens is 2. The molecule has 0 bridgehead atoms. The lowest BCUT2D eigenvalue weighted by Crippen LogP contribution is -2.16. The van der Waals surface area contributed by atoms with Gasteiger partial charge >= 0.3 is 5.97 Å². The van der Waals surface area contributed by atoms with E-state index in [0.29, 0.717) is 39.4 Å². The van der Waals surface area contributed by atoms with Gasteiger partial charge in [0.25, 0.3) is 10.0 Å². The van der Waals surface area contributed by atoms with E-state index in [-0.39, 0.29) is 16.3 Å². The summed E-state index contributed by atoms with van der Waals surface area (Å²) in [4.78, 5) is 11.5. The maximum absolute atomic E-state index is 13.4. The number of nitrogens with zero attached hydrogens (tertiary/aromatic N) is 1. The van der Waals surface area contributed by atoms with Crippen molar-refractivity contribution in [1.82, 2.24) is 3.97 Å². The van der Waals surface area contributed by atoms with Crippen molar-refractivity contribution in [1.29, 1.82) is 0 Å². The summed E-state index contributed by atoms with van der Waals surface area (Å²) in [7, 11) is -2.57. The van der Waals surface area contributed by atoms with Gasteiger partial charge in [-0.3, -0.25) is 4.79 Å². The number of ether oxygens (including phenoxy) is 1. The fraction of sp³-hybridized carbons (Fsp3) is 0.211. The van der Waals surface area contributed by atoms with Gasteiger partial charge in [0.15, 0.2) is 0 Å². The predicted octanol–water partition coefficient (Wildman–Crippen LogP) is 4.38. The van der Waals surface area contributed by atoms with Gasteiger partial charge < -0.3 is 9.84 Å². The monoisotopic (exact) mass is 441 g/mol. The van der Waals surface area contributed by atoms with Crippen LogP contribution in [0.3, 0.4) is 0 Å². The molecule has 148 valence electrons. The zero-order valence-corrected chi connectivity index (χ0v) is 17.4. The molecule has 1 aromatic heterocycles. The number of rotatable bonds is 6. The molecule has 0 saturated carbocycles. The Bertz CT molecular complexity index is 1170. The third-order valence-corrected chi connectivity index (χ3v) is 6.74. The molecule has 3 rings (SSSR count). The molecule has 9 heteroatoms. The maximum atomic E-state index is 13.4. The van der Waals surface area contributed by atoms with Crippen molar-refractivity contribution in [2.45, 2.75) is 24.7 Å². The SMILES string of the molecule is CCc1c(CC(=O)O)c2cc(OC)c(Cl)cc2n1S(=O)(=O)c1ccc(Cl)cc1. The first-order valence-corrected chi connectivity index (χ1v) is 10.5. The molecule has 6 nitrogen and oxygen atoms in total. The van der Waals surface area contributed by atoms with Gasteiger partial charge in [0.05, 0.1) is 29.0 Å². The quantitative estimate of drug-likeness (QED) is 0.612. The molecule has 0 amide bonds. The average Bonchev–Trinajstić information content (AvgIpc) is 2.93. The first-order valence-electron chi connectivity index (χ1n) is 8.33. The fourth-order valence-electron chi connectivity index (χ4n) is 3.22. The third-order valence-electron chi connectivity index (χ3n) is 4.42. The molecule has 1 heterocycles. The van der Waals surface area contributed by atoms with E-state index >= 15 is 0 Å². The number of benzene rings is 2. The van der Waals surface area contributed by atoms with Crippen molar-refractivity contribution in [2.75, 3.05) is 7.11 Å². The highest BCUT2D eigenvalue weighted by Crippen LogP contribution is 2.37. The molecule has 0 unspecified atom stereocenters. The zero-order valence-electron chi connectivity index (χ0n) is 15.1. The molecule has 0 atom stereocenters. The minimum Gasteiger partial charge on any atom is -0.495 e.